The number of aromatic nitrogens is 2. The van der Waals surface area contributed by atoms with Crippen LogP contribution in [0.15, 0.2) is 30.5 Å². The third-order valence-corrected chi connectivity index (χ3v) is 3.39. The molecule has 0 saturated carbocycles. The van der Waals surface area contributed by atoms with Crippen LogP contribution in [-0.4, -0.2) is 22.6 Å². The summed E-state index contributed by atoms with van der Waals surface area (Å²) in [6, 6.07) is 6.13. The van der Waals surface area contributed by atoms with Gasteiger partial charge in [0.15, 0.2) is 0 Å². The Labute approximate surface area is 125 Å². The molecule has 0 spiro atoms. The Balaban J connectivity index is 0.00000147. The molecule has 0 unspecified atom stereocenters. The summed E-state index contributed by atoms with van der Waals surface area (Å²) in [4.78, 5) is 4.80. The molecule has 4 nitrogen and oxygen atoms in total. The lowest BCUT2D eigenvalue weighted by Crippen LogP contribution is -2.31. The van der Waals surface area contributed by atoms with E-state index in [9.17, 15) is 0 Å². The van der Waals surface area contributed by atoms with Crippen molar-refractivity contribution < 1.29 is 4.74 Å². The molecule has 3 heterocycles. The summed E-state index contributed by atoms with van der Waals surface area (Å²) in [6.07, 6.45) is 5.05. The van der Waals surface area contributed by atoms with Gasteiger partial charge in [0.2, 0.25) is 0 Å². The minimum Gasteiger partial charge on any atom is -0.377 e. The van der Waals surface area contributed by atoms with Gasteiger partial charge in [-0.15, -0.1) is 12.4 Å². The normalized spacial score (nSPS) is 15.8. The predicted molar refractivity (Wildman–Crippen MR) is 83.1 cm³/mol. The van der Waals surface area contributed by atoms with Gasteiger partial charge < -0.3 is 14.9 Å². The van der Waals surface area contributed by atoms with Crippen LogP contribution in [0.2, 0.25) is 0 Å². The number of pyridine rings is 1. The Morgan fingerprint density at radius 2 is 2.15 bits per heavy atom. The van der Waals surface area contributed by atoms with E-state index in [2.05, 4.69) is 16.5 Å². The van der Waals surface area contributed by atoms with Crippen molar-refractivity contribution in [2.75, 3.05) is 13.2 Å². The van der Waals surface area contributed by atoms with Gasteiger partial charge in [0.1, 0.15) is 5.82 Å². The minimum atomic E-state index is -0.464. The molecule has 108 valence electrons. The molecule has 0 bridgehead atoms. The smallest absolute Gasteiger partial charge is 0.133 e. The fourth-order valence-corrected chi connectivity index (χ4v) is 2.47. The lowest BCUT2D eigenvalue weighted by atomic mass is 10.1. The Hall–Kier alpha value is -1.36. The maximum atomic E-state index is 6.24. The van der Waals surface area contributed by atoms with Crippen molar-refractivity contribution in [3.63, 3.8) is 0 Å². The number of fused-ring (bicyclic) bond motifs is 1. The highest BCUT2D eigenvalue weighted by atomic mass is 35.5. The van der Waals surface area contributed by atoms with Gasteiger partial charge >= 0.3 is 0 Å². The lowest BCUT2D eigenvalue weighted by molar-refractivity contribution is 0.161. The summed E-state index contributed by atoms with van der Waals surface area (Å²) >= 11 is 0. The van der Waals surface area contributed by atoms with Crippen molar-refractivity contribution in [3.05, 3.63) is 42.0 Å². The average Bonchev–Trinajstić information content (AvgIpc) is 2.79. The van der Waals surface area contributed by atoms with E-state index in [1.54, 1.807) is 0 Å². The zero-order valence-electron chi connectivity index (χ0n) is 11.8. The average molecular weight is 294 g/mol. The molecule has 1 aliphatic heterocycles. The molecule has 20 heavy (non-hydrogen) atoms. The SMILES string of the molecule is CC(C)(N)c1nc(C2=CCOCC2)c2ccccn12.Cl. The van der Waals surface area contributed by atoms with Gasteiger partial charge in [0.05, 0.1) is 30.0 Å². The van der Waals surface area contributed by atoms with E-state index in [0.717, 1.165) is 30.1 Å². The highest BCUT2D eigenvalue weighted by molar-refractivity contribution is 5.85. The number of ether oxygens (including phenoxy) is 1. The molecule has 2 N–H and O–H groups in total. The van der Waals surface area contributed by atoms with Gasteiger partial charge in [-0.25, -0.2) is 4.98 Å². The Kier molecular flexibility index (Phi) is 4.18. The highest BCUT2D eigenvalue weighted by Gasteiger charge is 2.24. The number of nitrogens with zero attached hydrogens (tertiary/aromatic N) is 2. The maximum absolute atomic E-state index is 6.24. The third kappa shape index (κ3) is 2.59. The van der Waals surface area contributed by atoms with Crippen molar-refractivity contribution in [1.29, 1.82) is 0 Å². The zero-order chi connectivity index (χ0) is 13.5. The molecule has 5 heteroatoms. The summed E-state index contributed by atoms with van der Waals surface area (Å²) in [5, 5.41) is 0. The molecule has 0 fully saturated rings. The Morgan fingerprint density at radius 3 is 2.80 bits per heavy atom. The van der Waals surface area contributed by atoms with E-state index in [-0.39, 0.29) is 12.4 Å². The van der Waals surface area contributed by atoms with Crippen LogP contribution in [0.5, 0.6) is 0 Å². The largest absolute Gasteiger partial charge is 0.377 e. The molecular formula is C15H20ClN3O. The van der Waals surface area contributed by atoms with E-state index in [1.807, 2.05) is 32.2 Å². The molecule has 0 amide bonds. The quantitative estimate of drug-likeness (QED) is 0.926. The first-order valence-electron chi connectivity index (χ1n) is 6.61. The van der Waals surface area contributed by atoms with E-state index in [0.29, 0.717) is 6.61 Å². The molecule has 0 aliphatic carbocycles. The number of halogens is 1. The molecule has 2 aromatic rings. The minimum absolute atomic E-state index is 0. The van der Waals surface area contributed by atoms with E-state index in [4.69, 9.17) is 15.5 Å². The number of hydrogen-bond acceptors (Lipinski definition) is 3. The van der Waals surface area contributed by atoms with Gasteiger partial charge in [-0.1, -0.05) is 12.1 Å². The maximum Gasteiger partial charge on any atom is 0.133 e. The van der Waals surface area contributed by atoms with Crippen LogP contribution >= 0.6 is 12.4 Å². The number of rotatable bonds is 2. The van der Waals surface area contributed by atoms with Crippen LogP contribution < -0.4 is 5.73 Å². The number of hydrogen-bond donors (Lipinski definition) is 1. The fourth-order valence-electron chi connectivity index (χ4n) is 2.47. The number of imidazole rings is 1. The van der Waals surface area contributed by atoms with Gasteiger partial charge in [0.25, 0.3) is 0 Å². The fraction of sp³-hybridized carbons (Fsp3) is 0.400. The van der Waals surface area contributed by atoms with Crippen LogP contribution in [0.25, 0.3) is 11.1 Å². The molecule has 0 atom stereocenters. The third-order valence-electron chi connectivity index (χ3n) is 3.39. The molecule has 1 aliphatic rings. The summed E-state index contributed by atoms with van der Waals surface area (Å²) in [5.41, 5.74) is 9.18. The molecule has 0 aromatic carbocycles. The lowest BCUT2D eigenvalue weighted by Gasteiger charge is -2.16. The molecule has 0 saturated heterocycles. The Morgan fingerprint density at radius 1 is 1.35 bits per heavy atom. The predicted octanol–water partition coefficient (Wildman–Crippen LogP) is 2.75. The van der Waals surface area contributed by atoms with E-state index < -0.39 is 5.54 Å². The van der Waals surface area contributed by atoms with Crippen LogP contribution in [0.1, 0.15) is 31.8 Å². The monoisotopic (exact) mass is 293 g/mol. The van der Waals surface area contributed by atoms with Gasteiger partial charge in [0, 0.05) is 6.20 Å². The Bertz CT molecular complexity index is 640. The molecule has 2 aromatic heterocycles. The van der Waals surface area contributed by atoms with Crippen molar-refractivity contribution in [3.8, 4) is 0 Å². The van der Waals surface area contributed by atoms with E-state index >= 15 is 0 Å². The molecule has 3 rings (SSSR count). The van der Waals surface area contributed by atoms with Crippen LogP contribution in [0.4, 0.5) is 0 Å². The zero-order valence-corrected chi connectivity index (χ0v) is 12.6. The summed E-state index contributed by atoms with van der Waals surface area (Å²) in [6.45, 7) is 5.40. The number of nitrogens with two attached hydrogens (primary N) is 1. The van der Waals surface area contributed by atoms with E-state index in [1.165, 1.54) is 5.57 Å². The van der Waals surface area contributed by atoms with Gasteiger partial charge in [-0.2, -0.15) is 0 Å². The molecular weight excluding hydrogens is 274 g/mol. The van der Waals surface area contributed by atoms with Gasteiger partial charge in [-0.3, -0.25) is 0 Å². The standard InChI is InChI=1S/C15H19N3O.ClH/c1-15(2,16)14-17-13(11-6-9-19-10-7-11)12-5-3-4-8-18(12)14;/h3-6,8H,7,9-10,16H2,1-2H3;1H. The topological polar surface area (TPSA) is 52.5 Å². The van der Waals surface area contributed by atoms with Crippen LogP contribution in [0.3, 0.4) is 0 Å². The first-order chi connectivity index (χ1) is 9.07. The first-order valence-corrected chi connectivity index (χ1v) is 6.61. The van der Waals surface area contributed by atoms with Crippen molar-refractivity contribution >= 4 is 23.5 Å². The first kappa shape index (κ1) is 15.0. The van der Waals surface area contributed by atoms with Crippen LogP contribution in [0, 0.1) is 0 Å². The van der Waals surface area contributed by atoms with Crippen molar-refractivity contribution in [1.82, 2.24) is 9.38 Å². The van der Waals surface area contributed by atoms with Gasteiger partial charge in [-0.05, 0) is 38.0 Å². The summed E-state index contributed by atoms with van der Waals surface area (Å²) < 4.78 is 7.46. The van der Waals surface area contributed by atoms with Crippen LogP contribution in [-0.2, 0) is 10.3 Å². The second kappa shape index (κ2) is 5.56. The summed E-state index contributed by atoms with van der Waals surface area (Å²) in [5.74, 6) is 0.894. The second-order valence-electron chi connectivity index (χ2n) is 5.52. The highest BCUT2D eigenvalue weighted by Crippen LogP contribution is 2.28. The second-order valence-corrected chi connectivity index (χ2v) is 5.52. The van der Waals surface area contributed by atoms with Crippen molar-refractivity contribution in [2.24, 2.45) is 5.73 Å². The van der Waals surface area contributed by atoms with Crippen molar-refractivity contribution in [2.45, 2.75) is 25.8 Å². The molecule has 0 radical (unpaired) electrons. The summed E-state index contributed by atoms with van der Waals surface area (Å²) in [7, 11) is 0.